The molecule has 1 aromatic carbocycles. The van der Waals surface area contributed by atoms with E-state index in [9.17, 15) is 9.90 Å². The normalized spacial score (nSPS) is 29.7. The lowest BCUT2D eigenvalue weighted by Gasteiger charge is -2.50. The number of allylic oxidation sites excluding steroid dienone is 4. The Bertz CT molecular complexity index is 1070. The number of carbonyl (C=O) groups is 1. The van der Waals surface area contributed by atoms with Gasteiger partial charge in [0.05, 0.1) is 12.7 Å². The fraction of sp³-hybridized carbons (Fsp3) is 0.676. The molecule has 5 atom stereocenters. The lowest BCUT2D eigenvalue weighted by molar-refractivity contribution is -0.114. The highest BCUT2D eigenvalue weighted by Crippen LogP contribution is 2.61. The Labute approximate surface area is 230 Å². The maximum absolute atomic E-state index is 12.0. The Balaban J connectivity index is 1.28. The van der Waals surface area contributed by atoms with Crippen LogP contribution in [0.15, 0.2) is 47.1 Å². The van der Waals surface area contributed by atoms with Crippen LogP contribution in [0.2, 0.25) is 0 Å². The lowest BCUT2D eigenvalue weighted by atomic mass is 9.56. The number of rotatable bonds is 10. The van der Waals surface area contributed by atoms with E-state index in [0.717, 1.165) is 63.5 Å². The third kappa shape index (κ3) is 5.04. The van der Waals surface area contributed by atoms with E-state index in [4.69, 9.17) is 4.74 Å². The van der Waals surface area contributed by atoms with E-state index >= 15 is 0 Å². The molecule has 208 valence electrons. The summed E-state index contributed by atoms with van der Waals surface area (Å²) in [6.07, 6.45) is 14.0. The Morgan fingerprint density at radius 1 is 1.05 bits per heavy atom. The summed E-state index contributed by atoms with van der Waals surface area (Å²) in [5, 5.41) is 11.3. The number of fused-ring (bicyclic) bond motifs is 4. The molecule has 38 heavy (non-hydrogen) atoms. The fourth-order valence-electron chi connectivity index (χ4n) is 8.85. The van der Waals surface area contributed by atoms with Crippen molar-refractivity contribution in [2.45, 2.75) is 116 Å². The molecule has 5 rings (SSSR count). The SMILES string of the molecule is CCC(CC)N(C)C(CC)c1cccc(OCC[C@]23CCC4=C5CCC(=O)C=C5CCC4C2CC[C@@H]3O)c1. The van der Waals surface area contributed by atoms with E-state index in [1.807, 2.05) is 6.08 Å². The van der Waals surface area contributed by atoms with Gasteiger partial charge in [0.25, 0.3) is 0 Å². The van der Waals surface area contributed by atoms with Gasteiger partial charge in [0.1, 0.15) is 5.75 Å². The first-order valence-corrected chi connectivity index (χ1v) is 15.5. The second kappa shape index (κ2) is 11.7. The zero-order chi connectivity index (χ0) is 26.9. The number of ether oxygens (including phenoxy) is 1. The molecule has 4 nitrogen and oxygen atoms in total. The quantitative estimate of drug-likeness (QED) is 0.346. The minimum absolute atomic E-state index is 0.0281. The third-order valence-electron chi connectivity index (χ3n) is 10.9. The number of aliphatic hydroxyl groups excluding tert-OH is 1. The average Bonchev–Trinajstić information content (AvgIpc) is 3.26. The Hall–Kier alpha value is -1.91. The zero-order valence-electron chi connectivity index (χ0n) is 24.2. The third-order valence-corrected chi connectivity index (χ3v) is 10.9. The maximum atomic E-state index is 12.0. The molecule has 0 bridgehead atoms. The predicted molar refractivity (Wildman–Crippen MR) is 154 cm³/mol. The summed E-state index contributed by atoms with van der Waals surface area (Å²) >= 11 is 0. The molecule has 1 N–H and O–H groups in total. The van der Waals surface area contributed by atoms with Crippen LogP contribution >= 0.6 is 0 Å². The van der Waals surface area contributed by atoms with E-state index in [-0.39, 0.29) is 11.5 Å². The maximum Gasteiger partial charge on any atom is 0.156 e. The van der Waals surface area contributed by atoms with Gasteiger partial charge in [-0.25, -0.2) is 0 Å². The predicted octanol–water partition coefficient (Wildman–Crippen LogP) is 7.57. The van der Waals surface area contributed by atoms with Crippen molar-refractivity contribution in [2.75, 3.05) is 13.7 Å². The van der Waals surface area contributed by atoms with Crippen LogP contribution in [-0.2, 0) is 4.79 Å². The van der Waals surface area contributed by atoms with Crippen LogP contribution in [0.1, 0.15) is 109 Å². The van der Waals surface area contributed by atoms with Crippen molar-refractivity contribution in [1.82, 2.24) is 4.90 Å². The van der Waals surface area contributed by atoms with E-state index in [2.05, 4.69) is 57.0 Å². The summed E-state index contributed by atoms with van der Waals surface area (Å²) in [6, 6.07) is 9.72. The average molecular weight is 520 g/mol. The Morgan fingerprint density at radius 3 is 2.63 bits per heavy atom. The molecule has 0 amide bonds. The van der Waals surface area contributed by atoms with Crippen molar-refractivity contribution in [3.8, 4) is 5.75 Å². The van der Waals surface area contributed by atoms with Gasteiger partial charge in [-0.15, -0.1) is 0 Å². The Morgan fingerprint density at radius 2 is 1.87 bits per heavy atom. The standard InChI is InChI=1S/C34H49NO3/c1-5-25(6-2)35(4)32(7-3)24-9-8-10-27(22-24)38-20-19-34-18-17-29-28-14-12-26(36)21-23(28)11-13-30(29)31(34)15-16-33(34)37/h8-10,21-22,25,30-33,37H,5-7,11-20H2,1-4H3/t30?,31?,32?,33-,34+/m0/s1. The van der Waals surface area contributed by atoms with Gasteiger partial charge < -0.3 is 9.84 Å². The van der Waals surface area contributed by atoms with E-state index in [0.29, 0.717) is 42.7 Å². The number of nitrogens with zero attached hydrogens (tertiary/aromatic N) is 1. The van der Waals surface area contributed by atoms with E-state index < -0.39 is 0 Å². The van der Waals surface area contributed by atoms with E-state index in [1.165, 1.54) is 29.6 Å². The summed E-state index contributed by atoms with van der Waals surface area (Å²) in [5.41, 5.74) is 5.77. The largest absolute Gasteiger partial charge is 0.494 e. The topological polar surface area (TPSA) is 49.8 Å². The van der Waals surface area contributed by atoms with Crippen molar-refractivity contribution < 1.29 is 14.6 Å². The van der Waals surface area contributed by atoms with Crippen molar-refractivity contribution >= 4 is 5.78 Å². The summed E-state index contributed by atoms with van der Waals surface area (Å²) in [7, 11) is 2.27. The van der Waals surface area contributed by atoms with Gasteiger partial charge in [-0.1, -0.05) is 38.5 Å². The first kappa shape index (κ1) is 27.6. The number of benzene rings is 1. The van der Waals surface area contributed by atoms with Crippen molar-refractivity contribution in [3.05, 3.63) is 52.6 Å². The van der Waals surface area contributed by atoms with Crippen LogP contribution < -0.4 is 4.74 Å². The number of hydrogen-bond acceptors (Lipinski definition) is 4. The van der Waals surface area contributed by atoms with Gasteiger partial charge in [-0.05, 0) is 124 Å². The lowest BCUT2D eigenvalue weighted by Crippen LogP contribution is -2.45. The summed E-state index contributed by atoms with van der Waals surface area (Å²) in [6.45, 7) is 7.50. The zero-order valence-corrected chi connectivity index (χ0v) is 24.2. The van der Waals surface area contributed by atoms with Crippen LogP contribution in [0.3, 0.4) is 0 Å². The molecule has 4 aliphatic rings. The second-order valence-corrected chi connectivity index (χ2v) is 12.4. The molecule has 4 aliphatic carbocycles. The highest BCUT2D eigenvalue weighted by Gasteiger charge is 2.55. The molecule has 0 saturated heterocycles. The molecule has 2 fully saturated rings. The Kier molecular flexibility index (Phi) is 8.50. The second-order valence-electron chi connectivity index (χ2n) is 12.4. The van der Waals surface area contributed by atoms with Crippen LogP contribution in [0.25, 0.3) is 0 Å². The molecule has 0 aromatic heterocycles. The van der Waals surface area contributed by atoms with Crippen molar-refractivity contribution in [1.29, 1.82) is 0 Å². The fourth-order valence-corrected chi connectivity index (χ4v) is 8.85. The van der Waals surface area contributed by atoms with E-state index in [1.54, 1.807) is 5.57 Å². The number of ketones is 1. The first-order valence-electron chi connectivity index (χ1n) is 15.5. The van der Waals surface area contributed by atoms with Crippen LogP contribution in [0.5, 0.6) is 5.75 Å². The van der Waals surface area contributed by atoms with Gasteiger partial charge in [0, 0.05) is 23.9 Å². The molecule has 3 unspecified atom stereocenters. The first-order chi connectivity index (χ1) is 18.4. The molecule has 2 saturated carbocycles. The van der Waals surface area contributed by atoms with Crippen molar-refractivity contribution in [3.63, 3.8) is 0 Å². The van der Waals surface area contributed by atoms with Gasteiger partial charge in [-0.3, -0.25) is 9.69 Å². The van der Waals surface area contributed by atoms with Gasteiger partial charge in [-0.2, -0.15) is 0 Å². The summed E-state index contributed by atoms with van der Waals surface area (Å²) < 4.78 is 6.43. The highest BCUT2D eigenvalue weighted by molar-refractivity contribution is 5.93. The monoisotopic (exact) mass is 519 g/mol. The van der Waals surface area contributed by atoms with Gasteiger partial charge in [0.2, 0.25) is 0 Å². The minimum atomic E-state index is -0.225. The summed E-state index contributed by atoms with van der Waals surface area (Å²) in [4.78, 5) is 14.5. The number of carbonyl (C=O) groups excluding carboxylic acids is 1. The molecule has 0 spiro atoms. The summed E-state index contributed by atoms with van der Waals surface area (Å²) in [5.74, 6) is 2.38. The van der Waals surface area contributed by atoms with Crippen LogP contribution in [-0.4, -0.2) is 41.6 Å². The number of aliphatic hydroxyl groups is 1. The van der Waals surface area contributed by atoms with Crippen LogP contribution in [0.4, 0.5) is 0 Å². The van der Waals surface area contributed by atoms with Gasteiger partial charge >= 0.3 is 0 Å². The number of hydrogen-bond donors (Lipinski definition) is 1. The smallest absolute Gasteiger partial charge is 0.156 e. The highest BCUT2D eigenvalue weighted by atomic mass is 16.5. The van der Waals surface area contributed by atoms with Crippen molar-refractivity contribution in [2.24, 2.45) is 17.3 Å². The molecule has 0 aliphatic heterocycles. The van der Waals surface area contributed by atoms with Gasteiger partial charge in [0.15, 0.2) is 5.78 Å². The van der Waals surface area contributed by atoms with Crippen LogP contribution in [0, 0.1) is 17.3 Å². The minimum Gasteiger partial charge on any atom is -0.494 e. The molecule has 0 radical (unpaired) electrons. The molecular weight excluding hydrogens is 470 g/mol. The molecule has 1 aromatic rings. The molecular formula is C34H49NO3. The molecule has 4 heteroatoms. The molecule has 0 heterocycles.